The van der Waals surface area contributed by atoms with Gasteiger partial charge in [0.25, 0.3) is 0 Å². The molecule has 5 unspecified atom stereocenters. The molecule has 202 valence electrons. The Balaban J connectivity index is 1.54. The monoisotopic (exact) mass is 542 g/mol. The zero-order valence-corrected chi connectivity index (χ0v) is 22.6. The number of ketones is 1. The normalized spacial score (nSPS) is 25.8. The van der Waals surface area contributed by atoms with Gasteiger partial charge in [0.1, 0.15) is 22.4 Å². The Morgan fingerprint density at radius 3 is 2.74 bits per heavy atom. The molecule has 5 rings (SSSR count). The molecule has 1 aromatic heterocycles. The minimum Gasteiger partial charge on any atom is -0.503 e. The van der Waals surface area contributed by atoms with E-state index in [2.05, 4.69) is 13.8 Å². The van der Waals surface area contributed by atoms with Crippen molar-refractivity contribution in [2.75, 3.05) is 13.2 Å². The first-order valence-corrected chi connectivity index (χ1v) is 14.0. The van der Waals surface area contributed by atoms with Crippen LogP contribution in [0.5, 0.6) is 5.75 Å². The molecule has 6 nitrogen and oxygen atoms in total. The number of nitrogens with zero attached hydrogens (tertiary/aromatic N) is 2. The first-order valence-electron chi connectivity index (χ1n) is 13.2. The second-order valence-corrected chi connectivity index (χ2v) is 11.6. The van der Waals surface area contributed by atoms with E-state index in [0.717, 1.165) is 17.4 Å². The number of carbonyl (C=O) groups excluding carboxylic acids is 1. The summed E-state index contributed by atoms with van der Waals surface area (Å²) in [6.45, 7) is 7.12. The molecular formula is C29H32F2N2O4S. The second-order valence-electron chi connectivity index (χ2n) is 10.5. The lowest BCUT2D eigenvalue weighted by Gasteiger charge is -2.29. The summed E-state index contributed by atoms with van der Waals surface area (Å²) >= 11 is 1.24. The first-order chi connectivity index (χ1) is 18.2. The molecule has 9 heteroatoms. The van der Waals surface area contributed by atoms with E-state index in [4.69, 9.17) is 9.73 Å². The number of benzene rings is 1. The van der Waals surface area contributed by atoms with E-state index in [0.29, 0.717) is 36.2 Å². The molecular weight excluding hydrogens is 510 g/mol. The molecule has 4 heterocycles. The Kier molecular flexibility index (Phi) is 7.60. The topological polar surface area (TPSA) is 80.9 Å². The lowest BCUT2D eigenvalue weighted by molar-refractivity contribution is 0.0900. The number of carbonyl (C=O) groups is 1. The minimum atomic E-state index is -0.641. The summed E-state index contributed by atoms with van der Waals surface area (Å²) in [6, 6.07) is 3.07. The Bertz CT molecular complexity index is 1390. The average molecular weight is 543 g/mol. The molecule has 0 saturated carbocycles. The number of hydrogen-bond acceptors (Lipinski definition) is 6. The Labute approximate surface area is 224 Å². The minimum absolute atomic E-state index is 0.0441. The molecule has 0 bridgehead atoms. The van der Waals surface area contributed by atoms with Crippen LogP contribution in [-0.2, 0) is 11.2 Å². The van der Waals surface area contributed by atoms with E-state index in [9.17, 15) is 23.5 Å². The van der Waals surface area contributed by atoms with Gasteiger partial charge in [-0.3, -0.25) is 14.6 Å². The highest BCUT2D eigenvalue weighted by molar-refractivity contribution is 8.17. The summed E-state index contributed by atoms with van der Waals surface area (Å²) in [5.74, 6) is -1.59. The average Bonchev–Trinajstić information content (AvgIpc) is 3.34. The van der Waals surface area contributed by atoms with Crippen LogP contribution in [0.15, 0.2) is 45.2 Å². The third-order valence-electron chi connectivity index (χ3n) is 8.19. The second kappa shape index (κ2) is 10.8. The molecule has 1 saturated heterocycles. The molecule has 3 aliphatic heterocycles. The molecule has 0 spiro atoms. The number of aromatic hydroxyl groups is 1. The first kappa shape index (κ1) is 26.8. The van der Waals surface area contributed by atoms with Crippen LogP contribution < -0.4 is 5.43 Å². The number of rotatable bonds is 6. The van der Waals surface area contributed by atoms with Crippen LogP contribution in [0, 0.1) is 29.4 Å². The van der Waals surface area contributed by atoms with E-state index in [1.807, 2.05) is 13.0 Å². The van der Waals surface area contributed by atoms with Crippen LogP contribution in [-0.4, -0.2) is 39.8 Å². The summed E-state index contributed by atoms with van der Waals surface area (Å²) in [6.07, 6.45) is 5.64. The van der Waals surface area contributed by atoms with E-state index in [-0.39, 0.29) is 53.8 Å². The lowest BCUT2D eigenvalue weighted by Crippen LogP contribution is -2.29. The quantitative estimate of drug-likeness (QED) is 0.509. The van der Waals surface area contributed by atoms with Crippen molar-refractivity contribution in [2.45, 2.75) is 58.5 Å². The van der Waals surface area contributed by atoms with Gasteiger partial charge in [-0.05, 0) is 40.9 Å². The van der Waals surface area contributed by atoms with Crippen molar-refractivity contribution in [3.63, 3.8) is 0 Å². The number of thioether (sulfide) groups is 1. The number of allylic oxidation sites excluding steroid dienone is 1. The molecule has 0 radical (unpaired) electrons. The van der Waals surface area contributed by atoms with Gasteiger partial charge in [-0.1, -0.05) is 45.0 Å². The van der Waals surface area contributed by atoms with Crippen molar-refractivity contribution in [1.82, 2.24) is 4.57 Å². The maximum Gasteiger partial charge on any atom is 0.233 e. The molecule has 5 atom stereocenters. The zero-order valence-electron chi connectivity index (χ0n) is 21.7. The van der Waals surface area contributed by atoms with Gasteiger partial charge in [-0.15, -0.1) is 0 Å². The van der Waals surface area contributed by atoms with Crippen molar-refractivity contribution in [1.29, 1.82) is 0 Å². The van der Waals surface area contributed by atoms with Crippen LogP contribution in [0.4, 0.5) is 8.78 Å². The number of aliphatic imine (C=N–C) groups is 1. The number of Topliss-reactive ketones (excluding diaryl/α,β-unsaturated/α-hetero) is 1. The molecule has 0 amide bonds. The molecule has 2 aromatic rings. The Morgan fingerprint density at radius 2 is 2.03 bits per heavy atom. The van der Waals surface area contributed by atoms with Crippen LogP contribution in [0.25, 0.3) is 0 Å². The van der Waals surface area contributed by atoms with Crippen LogP contribution >= 0.6 is 11.8 Å². The Morgan fingerprint density at radius 1 is 1.24 bits per heavy atom. The van der Waals surface area contributed by atoms with E-state index >= 15 is 0 Å². The van der Waals surface area contributed by atoms with E-state index < -0.39 is 22.8 Å². The van der Waals surface area contributed by atoms with Crippen molar-refractivity contribution in [3.8, 4) is 5.75 Å². The maximum atomic E-state index is 14.4. The van der Waals surface area contributed by atoms with Crippen molar-refractivity contribution >= 4 is 22.6 Å². The van der Waals surface area contributed by atoms with Gasteiger partial charge in [0.15, 0.2) is 11.5 Å². The standard InChI is InChI=1S/C29H32F2N2O4S/c1-4-15(3)20-11-25(34)26-28(36)27(35)21(12-33(26)24-14-37-13-22(20)24)29-32-18(5-2)10-19(38-29)8-16-6-7-17(30)9-23(16)31/h6-7,9-10,12,15,18,20,22,24,36H,4-5,8,11,13-14H2,1-3H3. The fourth-order valence-corrected chi connectivity index (χ4v) is 6.97. The number of pyridine rings is 1. The van der Waals surface area contributed by atoms with Gasteiger partial charge in [0.05, 0.1) is 30.9 Å². The fourth-order valence-electron chi connectivity index (χ4n) is 5.82. The van der Waals surface area contributed by atoms with Crippen molar-refractivity contribution in [2.24, 2.45) is 22.7 Å². The van der Waals surface area contributed by atoms with Crippen molar-refractivity contribution < 1.29 is 23.4 Å². The lowest BCUT2D eigenvalue weighted by atomic mass is 9.76. The number of aromatic nitrogens is 1. The van der Waals surface area contributed by atoms with Gasteiger partial charge in [-0.25, -0.2) is 8.78 Å². The predicted molar refractivity (Wildman–Crippen MR) is 144 cm³/mol. The fraction of sp³-hybridized carbons (Fsp3) is 0.483. The summed E-state index contributed by atoms with van der Waals surface area (Å²) in [5.41, 5.74) is -0.0456. The van der Waals surface area contributed by atoms with Gasteiger partial charge < -0.3 is 14.4 Å². The largest absolute Gasteiger partial charge is 0.503 e. The third kappa shape index (κ3) is 4.86. The molecule has 0 aliphatic carbocycles. The van der Waals surface area contributed by atoms with Gasteiger partial charge in [-0.2, -0.15) is 0 Å². The van der Waals surface area contributed by atoms with Crippen molar-refractivity contribution in [3.05, 3.63) is 74.1 Å². The zero-order chi connectivity index (χ0) is 27.1. The summed E-state index contributed by atoms with van der Waals surface area (Å²) in [5, 5.41) is 11.5. The molecule has 38 heavy (non-hydrogen) atoms. The SMILES string of the molecule is CCC1C=C(Cc2ccc(F)cc2F)SC(c2cn3c(c(O)c2=O)C(=O)CC(C(C)CC)C2COCC23)=N1. The predicted octanol–water partition coefficient (Wildman–Crippen LogP) is 5.67. The molecule has 3 aliphatic rings. The van der Waals surface area contributed by atoms with Crippen LogP contribution in [0.3, 0.4) is 0 Å². The highest BCUT2D eigenvalue weighted by Crippen LogP contribution is 2.43. The number of hydrogen-bond donors (Lipinski definition) is 1. The van der Waals surface area contributed by atoms with Gasteiger partial charge >= 0.3 is 0 Å². The molecule has 1 aromatic carbocycles. The van der Waals surface area contributed by atoms with E-state index in [1.54, 1.807) is 10.8 Å². The van der Waals surface area contributed by atoms with Gasteiger partial charge in [0.2, 0.25) is 5.43 Å². The third-order valence-corrected chi connectivity index (χ3v) is 9.25. The number of ether oxygens (including phenoxy) is 1. The number of halogens is 2. The highest BCUT2D eigenvalue weighted by Gasteiger charge is 2.44. The summed E-state index contributed by atoms with van der Waals surface area (Å²) in [4.78, 5) is 32.3. The Hall–Kier alpha value is -2.78. The molecule has 1 N–H and O–H groups in total. The smallest absolute Gasteiger partial charge is 0.233 e. The summed E-state index contributed by atoms with van der Waals surface area (Å²) in [7, 11) is 0. The number of fused-ring (bicyclic) bond motifs is 3. The van der Waals surface area contributed by atoms with Crippen LogP contribution in [0.1, 0.15) is 67.7 Å². The van der Waals surface area contributed by atoms with Crippen LogP contribution in [0.2, 0.25) is 0 Å². The highest BCUT2D eigenvalue weighted by atomic mass is 32.2. The van der Waals surface area contributed by atoms with Gasteiger partial charge in [0, 0.05) is 31.0 Å². The molecule has 1 fully saturated rings. The van der Waals surface area contributed by atoms with E-state index in [1.165, 1.54) is 23.9 Å². The maximum absolute atomic E-state index is 14.4. The summed E-state index contributed by atoms with van der Waals surface area (Å²) < 4.78 is 35.4.